The van der Waals surface area contributed by atoms with Crippen molar-refractivity contribution in [3.8, 4) is 5.75 Å². The Hall–Kier alpha value is -2.31. The molecule has 0 aliphatic carbocycles. The average Bonchev–Trinajstić information content (AvgIpc) is 2.53. The van der Waals surface area contributed by atoms with Gasteiger partial charge in [0, 0.05) is 6.54 Å². The molecule has 0 aliphatic heterocycles. The lowest BCUT2D eigenvalue weighted by Gasteiger charge is -2.14. The number of rotatable bonds is 6. The highest BCUT2D eigenvalue weighted by Gasteiger charge is 2.13. The van der Waals surface area contributed by atoms with Crippen LogP contribution in [0, 0.1) is 0 Å². The molecule has 0 aliphatic rings. The lowest BCUT2D eigenvalue weighted by molar-refractivity contribution is 0.0945. The molecule has 2 aromatic carbocycles. The zero-order chi connectivity index (χ0) is 16.8. The minimum Gasteiger partial charge on any atom is -0.490 e. The number of para-hydroxylation sites is 1. The van der Waals surface area contributed by atoms with Crippen molar-refractivity contribution >= 4 is 18.5 Å². The monoisotopic (exact) mass is 313 g/mol. The van der Waals surface area contributed by atoms with Crippen molar-refractivity contribution in [1.29, 1.82) is 0 Å². The van der Waals surface area contributed by atoms with E-state index < -0.39 is 7.12 Å². The third kappa shape index (κ3) is 4.84. The smallest absolute Gasteiger partial charge is 0.488 e. The summed E-state index contributed by atoms with van der Waals surface area (Å²) in [6.45, 7) is 4.16. The van der Waals surface area contributed by atoms with E-state index in [9.17, 15) is 4.79 Å². The van der Waals surface area contributed by atoms with Crippen LogP contribution in [0.3, 0.4) is 0 Å². The summed E-state index contributed by atoms with van der Waals surface area (Å²) in [6, 6.07) is 13.8. The molecular weight excluding hydrogens is 293 g/mol. The van der Waals surface area contributed by atoms with Gasteiger partial charge < -0.3 is 20.1 Å². The van der Waals surface area contributed by atoms with Crippen LogP contribution in [0.25, 0.3) is 0 Å². The van der Waals surface area contributed by atoms with E-state index >= 15 is 0 Å². The van der Waals surface area contributed by atoms with Gasteiger partial charge >= 0.3 is 7.12 Å². The van der Waals surface area contributed by atoms with E-state index in [1.54, 1.807) is 42.5 Å². The molecular formula is C17H20BNO4. The molecule has 1 amide bonds. The third-order valence-corrected chi connectivity index (χ3v) is 3.23. The minimum atomic E-state index is -1.49. The maximum atomic E-state index is 12.3. The molecule has 3 N–H and O–H groups in total. The number of nitrogens with one attached hydrogen (secondary N) is 1. The van der Waals surface area contributed by atoms with Crippen molar-refractivity contribution in [2.45, 2.75) is 26.5 Å². The van der Waals surface area contributed by atoms with E-state index in [1.807, 2.05) is 19.9 Å². The Morgan fingerprint density at radius 1 is 1.13 bits per heavy atom. The first-order valence-corrected chi connectivity index (χ1v) is 7.46. The van der Waals surface area contributed by atoms with E-state index in [0.29, 0.717) is 23.3 Å². The van der Waals surface area contributed by atoms with E-state index in [2.05, 4.69) is 5.32 Å². The number of hydrogen-bond donors (Lipinski definition) is 3. The second kappa shape index (κ2) is 7.81. The fourth-order valence-corrected chi connectivity index (χ4v) is 2.10. The number of carbonyl (C=O) groups excluding carboxylic acids is 1. The van der Waals surface area contributed by atoms with Crippen molar-refractivity contribution in [2.24, 2.45) is 0 Å². The Kier molecular flexibility index (Phi) is 5.79. The van der Waals surface area contributed by atoms with E-state index in [0.717, 1.165) is 5.56 Å². The zero-order valence-electron chi connectivity index (χ0n) is 13.2. The first kappa shape index (κ1) is 17.1. The molecule has 0 spiro atoms. The number of amides is 1. The highest BCUT2D eigenvalue weighted by Crippen LogP contribution is 2.19. The second-order valence-electron chi connectivity index (χ2n) is 5.46. The molecule has 0 saturated heterocycles. The van der Waals surface area contributed by atoms with Crippen LogP contribution in [0.2, 0.25) is 0 Å². The van der Waals surface area contributed by atoms with Crippen molar-refractivity contribution in [1.82, 2.24) is 5.32 Å². The van der Waals surface area contributed by atoms with Gasteiger partial charge in [0.25, 0.3) is 5.91 Å². The lowest BCUT2D eigenvalue weighted by atomic mass is 9.80. The van der Waals surface area contributed by atoms with E-state index in [-0.39, 0.29) is 12.0 Å². The highest BCUT2D eigenvalue weighted by molar-refractivity contribution is 6.58. The fraction of sp³-hybridized carbons (Fsp3) is 0.235. The summed E-state index contributed by atoms with van der Waals surface area (Å²) in [7, 11) is -1.49. The van der Waals surface area contributed by atoms with Crippen LogP contribution < -0.4 is 15.5 Å². The summed E-state index contributed by atoms with van der Waals surface area (Å²) < 4.78 is 5.64. The fourth-order valence-electron chi connectivity index (χ4n) is 2.10. The van der Waals surface area contributed by atoms with Gasteiger partial charge in [-0.3, -0.25) is 4.79 Å². The van der Waals surface area contributed by atoms with Crippen LogP contribution in [0.1, 0.15) is 29.8 Å². The van der Waals surface area contributed by atoms with Crippen molar-refractivity contribution < 1.29 is 19.6 Å². The first-order valence-electron chi connectivity index (χ1n) is 7.46. The Labute approximate surface area is 136 Å². The minimum absolute atomic E-state index is 0.0126. The summed E-state index contributed by atoms with van der Waals surface area (Å²) in [5.41, 5.74) is 1.77. The van der Waals surface area contributed by atoms with Gasteiger partial charge in [-0.2, -0.15) is 0 Å². The van der Waals surface area contributed by atoms with Crippen LogP contribution in [0.4, 0.5) is 0 Å². The molecule has 23 heavy (non-hydrogen) atoms. The molecule has 6 heteroatoms. The molecule has 0 bridgehead atoms. The topological polar surface area (TPSA) is 78.8 Å². The van der Waals surface area contributed by atoms with Crippen molar-refractivity contribution in [2.75, 3.05) is 0 Å². The summed E-state index contributed by atoms with van der Waals surface area (Å²) in [5, 5.41) is 20.9. The van der Waals surface area contributed by atoms with E-state index in [4.69, 9.17) is 14.8 Å². The zero-order valence-corrected chi connectivity index (χ0v) is 13.2. The third-order valence-electron chi connectivity index (χ3n) is 3.23. The van der Waals surface area contributed by atoms with Gasteiger partial charge in [0.15, 0.2) is 0 Å². The predicted molar refractivity (Wildman–Crippen MR) is 89.6 cm³/mol. The highest BCUT2D eigenvalue weighted by atomic mass is 16.5. The molecule has 2 aromatic rings. The van der Waals surface area contributed by atoms with Gasteiger partial charge in [0.2, 0.25) is 0 Å². The van der Waals surface area contributed by atoms with E-state index in [1.165, 1.54) is 0 Å². The maximum Gasteiger partial charge on any atom is 0.488 e. The normalized spacial score (nSPS) is 10.5. The van der Waals surface area contributed by atoms with Crippen LogP contribution in [0.15, 0.2) is 48.5 Å². The lowest BCUT2D eigenvalue weighted by Crippen LogP contribution is -2.30. The molecule has 0 radical (unpaired) electrons. The summed E-state index contributed by atoms with van der Waals surface area (Å²) in [6.07, 6.45) is -0.0126. The quantitative estimate of drug-likeness (QED) is 0.698. The van der Waals surface area contributed by atoms with Crippen LogP contribution in [-0.2, 0) is 6.54 Å². The number of carbonyl (C=O) groups is 1. The largest absolute Gasteiger partial charge is 0.490 e. The summed E-state index contributed by atoms with van der Waals surface area (Å²) >= 11 is 0. The van der Waals surface area contributed by atoms with Gasteiger partial charge in [-0.1, -0.05) is 36.4 Å². The van der Waals surface area contributed by atoms with Crippen LogP contribution in [-0.4, -0.2) is 29.2 Å². The molecule has 5 nitrogen and oxygen atoms in total. The van der Waals surface area contributed by atoms with Crippen molar-refractivity contribution in [3.63, 3.8) is 0 Å². The molecule has 0 saturated carbocycles. The molecule has 120 valence electrons. The van der Waals surface area contributed by atoms with Crippen LogP contribution >= 0.6 is 0 Å². The van der Waals surface area contributed by atoms with Crippen molar-refractivity contribution in [3.05, 3.63) is 59.7 Å². The predicted octanol–water partition coefficient (Wildman–Crippen LogP) is 1.08. The van der Waals surface area contributed by atoms with Gasteiger partial charge in [0.05, 0.1) is 11.7 Å². The molecule has 0 unspecified atom stereocenters. The number of benzene rings is 2. The SMILES string of the molecule is CC(C)Oc1ccccc1C(=O)NCc1ccc(B(O)O)cc1. The molecule has 0 aromatic heterocycles. The van der Waals surface area contributed by atoms with Gasteiger partial charge in [-0.25, -0.2) is 0 Å². The molecule has 0 fully saturated rings. The molecule has 0 heterocycles. The van der Waals surface area contributed by atoms with Gasteiger partial charge in [-0.05, 0) is 37.0 Å². The van der Waals surface area contributed by atoms with Crippen LogP contribution in [0.5, 0.6) is 5.75 Å². The average molecular weight is 313 g/mol. The molecule has 0 atom stereocenters. The number of ether oxygens (including phenoxy) is 1. The standard InChI is InChI=1S/C17H20BNO4/c1-12(2)23-16-6-4-3-5-15(16)17(20)19-11-13-7-9-14(10-8-13)18(21)22/h3-10,12,21-22H,11H2,1-2H3,(H,19,20). The first-order chi connectivity index (χ1) is 11.0. The Morgan fingerprint density at radius 2 is 1.78 bits per heavy atom. The number of hydrogen-bond acceptors (Lipinski definition) is 4. The summed E-state index contributed by atoms with van der Waals surface area (Å²) in [4.78, 5) is 12.3. The maximum absolute atomic E-state index is 12.3. The second-order valence-corrected chi connectivity index (χ2v) is 5.46. The Morgan fingerprint density at radius 3 is 2.39 bits per heavy atom. The van der Waals surface area contributed by atoms with Gasteiger partial charge in [0.1, 0.15) is 5.75 Å². The van der Waals surface area contributed by atoms with Gasteiger partial charge in [-0.15, -0.1) is 0 Å². The molecule has 2 rings (SSSR count). The summed E-state index contributed by atoms with van der Waals surface area (Å²) in [5.74, 6) is 0.339. The Bertz CT molecular complexity index is 656. The Balaban J connectivity index is 2.02.